The summed E-state index contributed by atoms with van der Waals surface area (Å²) in [6, 6.07) is 55.2. The van der Waals surface area contributed by atoms with E-state index in [0.29, 0.717) is 58.4 Å². The SMILES string of the molecule is CC(C)(C)OC(=O)N[B]NC(=O)Cc1cc(N=Nc2ccccc2C(=O)O)ccc1O.CC(C)(C)OCN[B]NC(=O)Cc1ccccc1O.COC(=O)[B]NC(=O)Cc1ccccc1O.O=C(Cc1ccccc1O)ON1C(=O)CCC1=O.O=C(O)Cc1ccccc1O.O=C(O)[B]NC(=O)Cc1ccccc1O.O=C(O)c1ccccc1N=Nc1ccc(O)cc1. The molecular weight excluding hydrogens is 1670 g/mol. The number of nitrogens with one attached hydrogen (secondary N) is 6. The minimum Gasteiger partial charge on any atom is -0.508 e. The number of benzene rings is 9. The van der Waals surface area contributed by atoms with E-state index in [1.165, 1.54) is 87.5 Å². The van der Waals surface area contributed by atoms with Crippen LogP contribution in [-0.2, 0) is 95.9 Å². The zero-order chi connectivity index (χ0) is 94.9. The number of imide groups is 1. The normalized spacial score (nSPS) is 11.0. The van der Waals surface area contributed by atoms with E-state index in [-0.39, 0.29) is 131 Å². The molecule has 43 heteroatoms. The number of aromatic hydroxyl groups is 7. The summed E-state index contributed by atoms with van der Waals surface area (Å²) in [7, 11) is 5.28. The summed E-state index contributed by atoms with van der Waals surface area (Å²) in [6.45, 7) is 11.3. The highest BCUT2D eigenvalue weighted by Gasteiger charge is 2.33. The maximum atomic E-state index is 12.1. The number of hydrogen-bond acceptors (Lipinski definition) is 29. The molecule has 0 saturated carbocycles. The molecule has 1 fully saturated rings. The summed E-state index contributed by atoms with van der Waals surface area (Å²) in [6.07, 6.45) is -1.07. The lowest BCUT2D eigenvalue weighted by molar-refractivity contribution is -0.197. The van der Waals surface area contributed by atoms with Gasteiger partial charge < -0.3 is 107 Å². The van der Waals surface area contributed by atoms with Crippen LogP contribution in [0.15, 0.2) is 233 Å². The topological polar surface area (TPSA) is 606 Å². The first-order chi connectivity index (χ1) is 60.6. The molecular formula is C85H91B4N11O28. The number of methoxy groups -OCH3 is 1. The van der Waals surface area contributed by atoms with Crippen LogP contribution < -0.4 is 31.4 Å². The van der Waals surface area contributed by atoms with E-state index in [9.17, 15) is 93.0 Å². The predicted molar refractivity (Wildman–Crippen MR) is 463 cm³/mol. The lowest BCUT2D eigenvalue weighted by Crippen LogP contribution is -2.43. The molecule has 10 rings (SSSR count). The maximum Gasteiger partial charge on any atom is 0.396 e. The highest BCUT2D eigenvalue weighted by molar-refractivity contribution is 6.72. The Hall–Kier alpha value is -15.9. The average Bonchev–Trinajstić information content (AvgIpc) is 1.49. The fraction of sp³-hybridized carbons (Fsp3) is 0.212. The summed E-state index contributed by atoms with van der Waals surface area (Å²) in [5.74, 6) is -8.16. The molecule has 0 bridgehead atoms. The summed E-state index contributed by atoms with van der Waals surface area (Å²) in [5.41, 5.74) is 3.15. The Morgan fingerprint density at radius 3 is 1.17 bits per heavy atom. The van der Waals surface area contributed by atoms with Crippen LogP contribution in [0.2, 0.25) is 0 Å². The summed E-state index contributed by atoms with van der Waals surface area (Å²) >= 11 is 0. The number of phenolic OH excluding ortho intramolecular Hbond substituents is 7. The van der Waals surface area contributed by atoms with Gasteiger partial charge in [0.05, 0.1) is 80.5 Å². The molecule has 1 aliphatic rings. The summed E-state index contributed by atoms with van der Waals surface area (Å²) in [5, 5.41) is 131. The van der Waals surface area contributed by atoms with Gasteiger partial charge in [-0.05, 0) is 139 Å². The number of amides is 7. The van der Waals surface area contributed by atoms with Gasteiger partial charge in [0.2, 0.25) is 23.6 Å². The van der Waals surface area contributed by atoms with E-state index in [2.05, 4.69) is 61.4 Å². The Kier molecular flexibility index (Phi) is 44.5. The van der Waals surface area contributed by atoms with Crippen LogP contribution in [0.25, 0.3) is 0 Å². The maximum absolute atomic E-state index is 12.1. The van der Waals surface area contributed by atoms with Crippen molar-refractivity contribution in [2.24, 2.45) is 20.5 Å². The number of phenols is 7. The molecule has 39 nitrogen and oxygen atoms in total. The van der Waals surface area contributed by atoms with Crippen molar-refractivity contribution < 1.29 is 138 Å². The average molecular weight is 1760 g/mol. The molecule has 7 amide bonds. The molecule has 4 radical (unpaired) electrons. The number of hydroxylamine groups is 2. The van der Waals surface area contributed by atoms with Gasteiger partial charge >= 0.3 is 59.9 Å². The summed E-state index contributed by atoms with van der Waals surface area (Å²) in [4.78, 5) is 150. The van der Waals surface area contributed by atoms with Crippen LogP contribution >= 0.6 is 0 Å². The van der Waals surface area contributed by atoms with Gasteiger partial charge in [-0.25, -0.2) is 19.2 Å². The standard InChI is InChI=1S/C20H22BN4O6.C13H20BN2O3.C13H10N2O3.C12H11NO5.C10H11BNO4.C9H9BNO4.C8H8O3/c1-20(2,3)31-19(30)23-21-22-17(27)11-12-10-13(8-9-16(12)26)24-25-15-7-5-4-6-14(15)18(28)29;1-13(2,3)19-9-15-14-16-12(18)8-10-6-4-5-7-11(10)17;16-10-7-5-9(6-8-10)14-15-12-4-2-1-3-11(12)13(17)18;14-9-4-2-1-3-8(9)7-12(17)18-13-10(15)5-6-11(13)16;1-16-10(15)11-12-9(14)6-7-4-2-3-5-8(7)13;12-7-4-2-1-3-6(7)5-8(13)11-10-9(14)15;9-7-4-2-1-3-6(7)5-8(10)11/h4-10,26H,11H2,1-3H3,(H,22,27)(H,23,30)(H,28,29);4-7,15,17H,8-9H2,1-3H3,(H,16,18);1-8,16H,(H,17,18);1-4,14H,5-7H2;2-5,13H,6H2,1H3,(H,12,14);1-4,12H,5H2,(H,11,13)(H,14,15);1-4,9H,5H2,(H,10,11). The number of carbonyl (C=O) groups excluding carboxylic acids is 9. The number of carboxylic acids is 3. The molecule has 17 N–H and O–H groups in total. The number of para-hydroxylation sites is 5. The minimum atomic E-state index is -1.22. The third-order valence-corrected chi connectivity index (χ3v) is 15.6. The van der Waals surface area contributed by atoms with Crippen molar-refractivity contribution in [3.8, 4) is 40.2 Å². The van der Waals surface area contributed by atoms with Gasteiger partial charge in [-0.15, -0.1) is 15.3 Å². The third kappa shape index (κ3) is 42.7. The van der Waals surface area contributed by atoms with Crippen molar-refractivity contribution in [3.05, 3.63) is 257 Å². The quantitative estimate of drug-likeness (QED) is 0.00681. The van der Waals surface area contributed by atoms with Crippen LogP contribution in [0, 0.1) is 0 Å². The zero-order valence-corrected chi connectivity index (χ0v) is 70.0. The second-order valence-corrected chi connectivity index (χ2v) is 28.0. The number of aliphatic carboxylic acids is 1. The lowest BCUT2D eigenvalue weighted by atomic mass is 9.95. The van der Waals surface area contributed by atoms with Crippen LogP contribution in [0.5, 0.6) is 40.2 Å². The molecule has 9 aromatic rings. The molecule has 128 heavy (non-hydrogen) atoms. The van der Waals surface area contributed by atoms with E-state index in [4.69, 9.17) is 35.0 Å². The van der Waals surface area contributed by atoms with Crippen LogP contribution in [0.3, 0.4) is 0 Å². The van der Waals surface area contributed by atoms with Gasteiger partial charge in [0.25, 0.3) is 23.6 Å². The van der Waals surface area contributed by atoms with Gasteiger partial charge in [-0.3, -0.25) is 43.2 Å². The molecule has 0 unspecified atom stereocenters. The highest BCUT2D eigenvalue weighted by Crippen LogP contribution is 2.29. The van der Waals surface area contributed by atoms with Gasteiger partial charge in [-0.1, -0.05) is 115 Å². The van der Waals surface area contributed by atoms with E-state index in [1.54, 1.807) is 160 Å². The molecule has 666 valence electrons. The molecule has 0 aliphatic carbocycles. The number of ether oxygens (including phenoxy) is 3. The highest BCUT2D eigenvalue weighted by atomic mass is 16.7. The first-order valence-corrected chi connectivity index (χ1v) is 38.0. The number of aromatic carboxylic acids is 2. The Bertz CT molecular complexity index is 5330. The summed E-state index contributed by atoms with van der Waals surface area (Å²) < 4.78 is 14.8. The fourth-order valence-electron chi connectivity index (χ4n) is 9.56. The number of carbonyl (C=O) groups is 13. The second kappa shape index (κ2) is 54.5. The van der Waals surface area contributed by atoms with E-state index in [0.717, 1.165) is 15.0 Å². The largest absolute Gasteiger partial charge is 0.508 e. The number of hydrogen-bond donors (Lipinski definition) is 17. The lowest BCUT2D eigenvalue weighted by Gasteiger charge is -2.19. The number of carboxylic acid groups (broad SMARTS) is 4. The van der Waals surface area contributed by atoms with E-state index in [1.807, 2.05) is 20.8 Å². The molecule has 0 aromatic heterocycles. The van der Waals surface area contributed by atoms with Crippen LogP contribution in [-0.4, -0.2) is 193 Å². The van der Waals surface area contributed by atoms with Gasteiger partial charge in [0.1, 0.15) is 57.2 Å². The monoisotopic (exact) mass is 1760 g/mol. The number of rotatable bonds is 29. The van der Waals surface area contributed by atoms with Crippen molar-refractivity contribution in [2.45, 2.75) is 104 Å². The Balaban J connectivity index is 0.000000319. The predicted octanol–water partition coefficient (Wildman–Crippen LogP) is 10.0. The molecule has 0 atom stereocenters. The Morgan fingerprint density at radius 2 is 0.766 bits per heavy atom. The van der Waals surface area contributed by atoms with Gasteiger partial charge in [0, 0.05) is 46.2 Å². The van der Waals surface area contributed by atoms with Crippen molar-refractivity contribution in [1.29, 1.82) is 0 Å². The molecule has 9 aromatic carbocycles. The van der Waals surface area contributed by atoms with Crippen molar-refractivity contribution >= 4 is 130 Å². The molecule has 0 spiro atoms. The molecule has 1 heterocycles. The molecule has 1 saturated heterocycles. The Labute approximate surface area is 736 Å². The molecule has 1 aliphatic heterocycles. The van der Waals surface area contributed by atoms with Crippen molar-refractivity contribution in [3.63, 3.8) is 0 Å². The third-order valence-electron chi connectivity index (χ3n) is 15.6. The fourth-order valence-corrected chi connectivity index (χ4v) is 9.56. The van der Waals surface area contributed by atoms with Gasteiger partial charge in [-0.2, -0.15) is 10.2 Å². The van der Waals surface area contributed by atoms with E-state index < -0.39 is 76.8 Å². The number of nitrogens with zero attached hydrogens (tertiary/aromatic N) is 5. The Morgan fingerprint density at radius 1 is 0.398 bits per heavy atom. The number of azo groups is 2. The zero-order valence-electron chi connectivity index (χ0n) is 70.0. The first-order valence-electron chi connectivity index (χ1n) is 38.0. The second-order valence-electron chi connectivity index (χ2n) is 28.0. The van der Waals surface area contributed by atoms with Crippen LogP contribution in [0.4, 0.5) is 37.1 Å². The first kappa shape index (κ1) is 104. The minimum absolute atomic E-state index is 0.000166. The van der Waals surface area contributed by atoms with Crippen molar-refractivity contribution in [2.75, 3.05) is 13.8 Å². The smallest absolute Gasteiger partial charge is 0.396 e. The van der Waals surface area contributed by atoms with Crippen LogP contribution in [0.1, 0.15) is 108 Å². The van der Waals surface area contributed by atoms with Crippen molar-refractivity contribution in [1.82, 2.24) is 36.4 Å². The van der Waals surface area contributed by atoms with Gasteiger partial charge in [0.15, 0.2) is 0 Å². The van der Waals surface area contributed by atoms with E-state index >= 15 is 0 Å².